The van der Waals surface area contributed by atoms with Crippen molar-refractivity contribution in [3.63, 3.8) is 0 Å². The molecule has 21 heavy (non-hydrogen) atoms. The van der Waals surface area contributed by atoms with Crippen LogP contribution in [0.2, 0.25) is 0 Å². The van der Waals surface area contributed by atoms with Crippen molar-refractivity contribution in [2.75, 3.05) is 5.32 Å². The van der Waals surface area contributed by atoms with Gasteiger partial charge in [-0.2, -0.15) is 0 Å². The first-order valence-corrected chi connectivity index (χ1v) is 6.35. The summed E-state index contributed by atoms with van der Waals surface area (Å²) >= 11 is 0. The van der Waals surface area contributed by atoms with Crippen LogP contribution in [0.4, 0.5) is 5.69 Å². The zero-order valence-corrected chi connectivity index (χ0v) is 12.0. The van der Waals surface area contributed by atoms with E-state index in [1.807, 2.05) is 0 Å². The summed E-state index contributed by atoms with van der Waals surface area (Å²) in [5, 5.41) is 14.1. The molecule has 0 spiro atoms. The molecule has 0 aliphatic carbocycles. The van der Waals surface area contributed by atoms with Crippen LogP contribution in [0.25, 0.3) is 0 Å². The highest BCUT2D eigenvalue weighted by Crippen LogP contribution is 2.11. The summed E-state index contributed by atoms with van der Waals surface area (Å²) in [6, 6.07) is 5.24. The minimum Gasteiger partial charge on any atom is -0.480 e. The first kappa shape index (κ1) is 16.4. The smallest absolute Gasteiger partial charge is 0.326 e. The average Bonchev–Trinajstić information content (AvgIpc) is 2.36. The number of aliphatic carboxylic acids is 1. The van der Waals surface area contributed by atoms with Crippen LogP contribution < -0.4 is 10.6 Å². The number of benzene rings is 1. The molecule has 1 rings (SSSR count). The minimum atomic E-state index is -1.12. The highest BCUT2D eigenvalue weighted by atomic mass is 16.4. The highest BCUT2D eigenvalue weighted by Gasteiger charge is 2.20. The fourth-order valence-corrected chi connectivity index (χ4v) is 1.73. The van der Waals surface area contributed by atoms with E-state index in [1.165, 1.54) is 13.0 Å². The largest absolute Gasteiger partial charge is 0.480 e. The van der Waals surface area contributed by atoms with Gasteiger partial charge in [-0.05, 0) is 31.5 Å². The number of carboxylic acid groups (broad SMARTS) is 1. The molecule has 1 atom stereocenters. The molecule has 1 aromatic carbocycles. The number of amides is 2. The predicted octanol–water partition coefficient (Wildman–Crippen LogP) is 1.79. The van der Waals surface area contributed by atoms with Gasteiger partial charge in [0.05, 0.1) is 0 Å². The molecule has 0 aliphatic heterocycles. The summed E-state index contributed by atoms with van der Waals surface area (Å²) in [4.78, 5) is 34.1. The number of carbonyl (C=O) groups excluding carboxylic acids is 2. The topological polar surface area (TPSA) is 95.5 Å². The standard InChI is InChI=1S/C15H18N2O4/c1-9(2)7-13(15(20)21)17-14(19)11-5-4-6-12(8-11)16-10(3)18/h4-6,8,13H,1,7H2,2-3H3,(H,16,18)(H,17,19)(H,20,21)/t13-/m0/s1. The van der Waals surface area contributed by atoms with Crippen LogP contribution in [0.1, 0.15) is 30.6 Å². The lowest BCUT2D eigenvalue weighted by Crippen LogP contribution is -2.40. The summed E-state index contributed by atoms with van der Waals surface area (Å²) in [6.45, 7) is 6.70. The van der Waals surface area contributed by atoms with Gasteiger partial charge < -0.3 is 15.7 Å². The molecule has 6 nitrogen and oxygen atoms in total. The Labute approximate surface area is 122 Å². The van der Waals surface area contributed by atoms with Gasteiger partial charge in [-0.3, -0.25) is 9.59 Å². The first-order chi connectivity index (χ1) is 9.79. The van der Waals surface area contributed by atoms with Gasteiger partial charge in [0, 0.05) is 18.2 Å². The van der Waals surface area contributed by atoms with Gasteiger partial charge in [-0.1, -0.05) is 11.6 Å². The fraction of sp³-hybridized carbons (Fsp3) is 0.267. The Morgan fingerprint density at radius 3 is 2.48 bits per heavy atom. The highest BCUT2D eigenvalue weighted by molar-refractivity contribution is 5.98. The Morgan fingerprint density at radius 2 is 1.95 bits per heavy atom. The summed E-state index contributed by atoms with van der Waals surface area (Å²) in [7, 11) is 0. The lowest BCUT2D eigenvalue weighted by atomic mass is 10.1. The molecule has 112 valence electrons. The van der Waals surface area contributed by atoms with Gasteiger partial charge in [0.1, 0.15) is 6.04 Å². The van der Waals surface area contributed by atoms with Crippen LogP contribution in [0.3, 0.4) is 0 Å². The number of carboxylic acids is 1. The number of nitrogens with one attached hydrogen (secondary N) is 2. The van der Waals surface area contributed by atoms with E-state index >= 15 is 0 Å². The lowest BCUT2D eigenvalue weighted by Gasteiger charge is -2.14. The second-order valence-corrected chi connectivity index (χ2v) is 4.79. The molecule has 0 fully saturated rings. The minimum absolute atomic E-state index is 0.159. The number of hydrogen-bond donors (Lipinski definition) is 3. The third kappa shape index (κ3) is 5.48. The van der Waals surface area contributed by atoms with E-state index in [1.54, 1.807) is 25.1 Å². The Balaban J connectivity index is 2.84. The van der Waals surface area contributed by atoms with Crippen molar-refractivity contribution in [1.29, 1.82) is 0 Å². The van der Waals surface area contributed by atoms with Crippen molar-refractivity contribution >= 4 is 23.5 Å². The number of hydrogen-bond acceptors (Lipinski definition) is 3. The summed E-state index contributed by atoms with van der Waals surface area (Å²) in [5.41, 5.74) is 1.41. The maximum Gasteiger partial charge on any atom is 0.326 e. The van der Waals surface area contributed by atoms with Crippen LogP contribution in [0.15, 0.2) is 36.4 Å². The van der Waals surface area contributed by atoms with Gasteiger partial charge >= 0.3 is 5.97 Å². The van der Waals surface area contributed by atoms with Crippen molar-refractivity contribution < 1.29 is 19.5 Å². The van der Waals surface area contributed by atoms with Crippen molar-refractivity contribution in [2.24, 2.45) is 0 Å². The normalized spacial score (nSPS) is 11.3. The predicted molar refractivity (Wildman–Crippen MR) is 79.1 cm³/mol. The van der Waals surface area contributed by atoms with Crippen LogP contribution in [-0.4, -0.2) is 28.9 Å². The van der Waals surface area contributed by atoms with Gasteiger partial charge in [0.25, 0.3) is 5.91 Å². The first-order valence-electron chi connectivity index (χ1n) is 6.35. The Morgan fingerprint density at radius 1 is 1.29 bits per heavy atom. The maximum atomic E-state index is 12.1. The van der Waals surface area contributed by atoms with Gasteiger partial charge in [-0.25, -0.2) is 4.79 Å². The van der Waals surface area contributed by atoms with Crippen LogP contribution in [-0.2, 0) is 9.59 Å². The van der Waals surface area contributed by atoms with E-state index in [9.17, 15) is 14.4 Å². The molecule has 6 heteroatoms. The summed E-state index contributed by atoms with van der Waals surface area (Å²) in [5.74, 6) is -1.89. The van der Waals surface area contributed by atoms with Crippen molar-refractivity contribution in [3.05, 3.63) is 42.0 Å². The van der Waals surface area contributed by atoms with Gasteiger partial charge in [-0.15, -0.1) is 6.58 Å². The quantitative estimate of drug-likeness (QED) is 0.696. The SMILES string of the molecule is C=C(C)C[C@H](NC(=O)c1cccc(NC(C)=O)c1)C(=O)O. The molecule has 2 amide bonds. The van der Waals surface area contributed by atoms with E-state index in [0.29, 0.717) is 11.3 Å². The van der Waals surface area contributed by atoms with Gasteiger partial charge in [0.15, 0.2) is 0 Å². The Bertz CT molecular complexity index is 581. The third-order valence-electron chi connectivity index (χ3n) is 2.60. The summed E-state index contributed by atoms with van der Waals surface area (Å²) < 4.78 is 0. The molecular formula is C15H18N2O4. The zero-order valence-electron chi connectivity index (χ0n) is 12.0. The number of rotatable bonds is 6. The van der Waals surface area contributed by atoms with Gasteiger partial charge in [0.2, 0.25) is 5.91 Å². The van der Waals surface area contributed by atoms with Crippen LogP contribution >= 0.6 is 0 Å². The van der Waals surface area contributed by atoms with E-state index in [-0.39, 0.29) is 17.9 Å². The molecule has 0 unspecified atom stereocenters. The molecule has 0 aromatic heterocycles. The second-order valence-electron chi connectivity index (χ2n) is 4.79. The molecule has 0 aliphatic rings. The van der Waals surface area contributed by atoms with E-state index in [4.69, 9.17) is 5.11 Å². The molecule has 0 bridgehead atoms. The fourth-order valence-electron chi connectivity index (χ4n) is 1.73. The average molecular weight is 290 g/mol. The Kier molecular flexibility index (Phi) is 5.66. The molecule has 0 saturated heterocycles. The number of anilines is 1. The van der Waals surface area contributed by atoms with E-state index in [0.717, 1.165) is 0 Å². The zero-order chi connectivity index (χ0) is 16.0. The number of carbonyl (C=O) groups is 3. The third-order valence-corrected chi connectivity index (χ3v) is 2.60. The molecule has 3 N–H and O–H groups in total. The monoisotopic (exact) mass is 290 g/mol. The van der Waals surface area contributed by atoms with E-state index in [2.05, 4.69) is 17.2 Å². The molecule has 1 aromatic rings. The Hall–Kier alpha value is -2.63. The molecule has 0 heterocycles. The lowest BCUT2D eigenvalue weighted by molar-refractivity contribution is -0.139. The molecule has 0 radical (unpaired) electrons. The van der Waals surface area contributed by atoms with Crippen molar-refractivity contribution in [1.82, 2.24) is 5.32 Å². The van der Waals surface area contributed by atoms with E-state index < -0.39 is 17.9 Å². The van der Waals surface area contributed by atoms with Crippen molar-refractivity contribution in [2.45, 2.75) is 26.3 Å². The summed E-state index contributed by atoms with van der Waals surface area (Å²) in [6.07, 6.45) is 0.159. The second kappa shape index (κ2) is 7.23. The van der Waals surface area contributed by atoms with Crippen molar-refractivity contribution in [3.8, 4) is 0 Å². The molecule has 0 saturated carbocycles. The van der Waals surface area contributed by atoms with Crippen LogP contribution in [0.5, 0.6) is 0 Å². The van der Waals surface area contributed by atoms with Crippen LogP contribution in [0, 0.1) is 0 Å². The maximum absolute atomic E-state index is 12.1. The molecular weight excluding hydrogens is 272 g/mol.